The molecule has 1 aliphatic rings. The van der Waals surface area contributed by atoms with Gasteiger partial charge in [-0.05, 0) is 33.0 Å². The third-order valence-corrected chi connectivity index (χ3v) is 5.15. The van der Waals surface area contributed by atoms with Crippen molar-refractivity contribution in [2.24, 2.45) is 0 Å². The highest BCUT2D eigenvalue weighted by Crippen LogP contribution is 2.27. The van der Waals surface area contributed by atoms with Gasteiger partial charge in [0, 0.05) is 55.6 Å². The Kier molecular flexibility index (Phi) is 3.39. The predicted octanol–water partition coefficient (Wildman–Crippen LogP) is 2.19. The molecule has 26 heavy (non-hydrogen) atoms. The number of nitrogens with one attached hydrogen (secondary N) is 1. The molecule has 1 aliphatic carbocycles. The maximum absolute atomic E-state index is 4.61. The minimum atomic E-state index is 0. The van der Waals surface area contributed by atoms with E-state index in [0.717, 1.165) is 29.5 Å². The molecule has 8 heteroatoms. The smallest absolute Gasteiger partial charge is 0.241 e. The third kappa shape index (κ3) is 2.50. The van der Waals surface area contributed by atoms with Gasteiger partial charge in [-0.15, -0.1) is 5.10 Å². The van der Waals surface area contributed by atoms with Gasteiger partial charge in [0.1, 0.15) is 0 Å². The zero-order valence-corrected chi connectivity index (χ0v) is 14.7. The maximum atomic E-state index is 4.61. The fraction of sp³-hybridized carbons (Fsp3) is 0.333. The van der Waals surface area contributed by atoms with E-state index in [4.69, 9.17) is 0 Å². The highest BCUT2D eigenvalue weighted by Gasteiger charge is 2.30. The fourth-order valence-electron chi connectivity index (χ4n) is 3.48. The van der Waals surface area contributed by atoms with Crippen molar-refractivity contribution in [2.45, 2.75) is 24.9 Å². The lowest BCUT2D eigenvalue weighted by Crippen LogP contribution is -2.47. The minimum Gasteiger partial charge on any atom is -0.350 e. The number of anilines is 1. The van der Waals surface area contributed by atoms with Gasteiger partial charge >= 0.3 is 0 Å². The predicted molar refractivity (Wildman–Crippen MR) is 101 cm³/mol. The number of imidazole rings is 1. The summed E-state index contributed by atoms with van der Waals surface area (Å²) in [5.74, 6) is 1.36. The monoisotopic (exact) mass is 350 g/mol. The lowest BCUT2D eigenvalue weighted by Gasteiger charge is -2.39. The fourth-order valence-corrected chi connectivity index (χ4v) is 3.48. The van der Waals surface area contributed by atoms with Crippen LogP contribution in [0.3, 0.4) is 0 Å². The molecule has 8 nitrogen and oxygen atoms in total. The van der Waals surface area contributed by atoms with Gasteiger partial charge < -0.3 is 10.2 Å². The van der Waals surface area contributed by atoms with Crippen LogP contribution in [0.15, 0.2) is 43.2 Å². The van der Waals surface area contributed by atoms with Crippen LogP contribution in [0.4, 0.5) is 5.95 Å². The average molecular weight is 350 g/mol. The number of aromatic nitrogens is 6. The molecule has 0 unspecified atom stereocenters. The van der Waals surface area contributed by atoms with Crippen LogP contribution in [0, 0.1) is 0 Å². The lowest BCUT2D eigenvalue weighted by molar-refractivity contribution is 0.177. The van der Waals surface area contributed by atoms with Crippen molar-refractivity contribution < 1.29 is 1.43 Å². The maximum Gasteiger partial charge on any atom is 0.241 e. The highest BCUT2D eigenvalue weighted by atomic mass is 15.3. The standard InChI is InChI=1S/C18H20N8.H2/c1-24(2)14-7-13(8-14)22-17-20-10-16-15(3-5-26(16)23-17)12-9-21-18-19-4-6-25(18)11-12;/h3-6,9-11,13-14H,7-8H2,1-2H3,(H,22,23);1H. The molecule has 0 bridgehead atoms. The van der Waals surface area contributed by atoms with Gasteiger partial charge in [0.25, 0.3) is 0 Å². The van der Waals surface area contributed by atoms with Crippen molar-refractivity contribution in [3.63, 3.8) is 0 Å². The normalized spacial score (nSPS) is 20.0. The van der Waals surface area contributed by atoms with E-state index < -0.39 is 0 Å². The van der Waals surface area contributed by atoms with Crippen molar-refractivity contribution in [1.29, 1.82) is 0 Å². The zero-order chi connectivity index (χ0) is 17.7. The first kappa shape index (κ1) is 15.3. The van der Waals surface area contributed by atoms with Gasteiger partial charge in [-0.3, -0.25) is 4.40 Å². The molecule has 5 rings (SSSR count). The molecule has 134 valence electrons. The first-order valence-corrected chi connectivity index (χ1v) is 8.74. The Morgan fingerprint density at radius 3 is 2.88 bits per heavy atom. The molecule has 0 saturated heterocycles. The Hall–Kier alpha value is -3.00. The second-order valence-corrected chi connectivity index (χ2v) is 7.05. The third-order valence-electron chi connectivity index (χ3n) is 5.15. The van der Waals surface area contributed by atoms with Crippen LogP contribution in [0.5, 0.6) is 0 Å². The number of hydrogen-bond acceptors (Lipinski definition) is 6. The zero-order valence-electron chi connectivity index (χ0n) is 14.7. The molecule has 0 aromatic carbocycles. The van der Waals surface area contributed by atoms with Crippen LogP contribution in [0.1, 0.15) is 14.3 Å². The molecule has 0 aliphatic heterocycles. The Morgan fingerprint density at radius 2 is 2.04 bits per heavy atom. The largest absolute Gasteiger partial charge is 0.350 e. The summed E-state index contributed by atoms with van der Waals surface area (Å²) in [4.78, 5) is 15.4. The van der Waals surface area contributed by atoms with Gasteiger partial charge in [-0.1, -0.05) is 0 Å². The molecular weight excluding hydrogens is 328 g/mol. The molecule has 1 saturated carbocycles. The van der Waals surface area contributed by atoms with Crippen molar-refractivity contribution in [3.05, 3.63) is 43.2 Å². The van der Waals surface area contributed by atoms with Crippen LogP contribution in [0.25, 0.3) is 22.4 Å². The number of hydrogen-bond donors (Lipinski definition) is 1. The Labute approximate surface area is 152 Å². The molecule has 1 N–H and O–H groups in total. The molecule has 4 aromatic heterocycles. The van der Waals surface area contributed by atoms with Crippen LogP contribution in [-0.4, -0.2) is 60.0 Å². The van der Waals surface area contributed by atoms with E-state index in [2.05, 4.69) is 44.4 Å². The van der Waals surface area contributed by atoms with E-state index in [1.807, 2.05) is 46.0 Å². The Morgan fingerprint density at radius 1 is 1.15 bits per heavy atom. The SMILES string of the molecule is CN(C)C1CC(Nc2ncc3c(-c4cnc5nccn5c4)ccn3n2)C1.[HH]. The van der Waals surface area contributed by atoms with Gasteiger partial charge in [0.2, 0.25) is 11.7 Å². The second-order valence-electron chi connectivity index (χ2n) is 7.05. The molecule has 0 radical (unpaired) electrons. The summed E-state index contributed by atoms with van der Waals surface area (Å²) in [6.45, 7) is 0. The summed E-state index contributed by atoms with van der Waals surface area (Å²) in [6, 6.07) is 3.14. The van der Waals surface area contributed by atoms with Crippen molar-refractivity contribution in [1.82, 2.24) is 33.9 Å². The first-order chi connectivity index (χ1) is 12.7. The number of nitrogens with zero attached hydrogens (tertiary/aromatic N) is 7. The van der Waals surface area contributed by atoms with E-state index in [0.29, 0.717) is 23.8 Å². The highest BCUT2D eigenvalue weighted by molar-refractivity contribution is 5.79. The molecule has 4 aromatic rings. The Bertz CT molecular complexity index is 1080. The molecular formula is C18H22N8. The summed E-state index contributed by atoms with van der Waals surface area (Å²) >= 11 is 0. The summed E-state index contributed by atoms with van der Waals surface area (Å²) in [7, 11) is 4.25. The molecule has 1 fully saturated rings. The molecule has 4 heterocycles. The van der Waals surface area contributed by atoms with Crippen LogP contribution < -0.4 is 5.32 Å². The molecule has 0 atom stereocenters. The summed E-state index contributed by atoms with van der Waals surface area (Å²) in [6.07, 6.45) is 13.6. The first-order valence-electron chi connectivity index (χ1n) is 8.74. The number of fused-ring (bicyclic) bond motifs is 2. The summed E-state index contributed by atoms with van der Waals surface area (Å²) in [5.41, 5.74) is 3.02. The molecule has 0 spiro atoms. The van der Waals surface area contributed by atoms with Gasteiger partial charge in [-0.25, -0.2) is 19.5 Å². The van der Waals surface area contributed by atoms with Crippen LogP contribution in [0.2, 0.25) is 0 Å². The topological polar surface area (TPSA) is 75.6 Å². The van der Waals surface area contributed by atoms with Crippen LogP contribution in [-0.2, 0) is 0 Å². The van der Waals surface area contributed by atoms with E-state index in [1.165, 1.54) is 0 Å². The second kappa shape index (κ2) is 5.77. The van der Waals surface area contributed by atoms with Gasteiger partial charge in [0.15, 0.2) is 0 Å². The summed E-state index contributed by atoms with van der Waals surface area (Å²) < 4.78 is 3.78. The quantitative estimate of drug-likeness (QED) is 0.608. The van der Waals surface area contributed by atoms with Crippen molar-refractivity contribution >= 4 is 17.2 Å². The number of rotatable bonds is 4. The van der Waals surface area contributed by atoms with Gasteiger partial charge in [0.05, 0.1) is 11.7 Å². The van der Waals surface area contributed by atoms with E-state index in [1.54, 1.807) is 6.20 Å². The van der Waals surface area contributed by atoms with Crippen molar-refractivity contribution in [2.75, 3.05) is 19.4 Å². The van der Waals surface area contributed by atoms with E-state index in [9.17, 15) is 0 Å². The Balaban J connectivity index is 0.00000180. The minimum absolute atomic E-state index is 0. The lowest BCUT2D eigenvalue weighted by atomic mass is 9.86. The van der Waals surface area contributed by atoms with Crippen molar-refractivity contribution in [3.8, 4) is 11.1 Å². The van der Waals surface area contributed by atoms with Crippen LogP contribution >= 0.6 is 0 Å². The summed E-state index contributed by atoms with van der Waals surface area (Å²) in [5, 5.41) is 8.04. The average Bonchev–Trinajstić information content (AvgIpc) is 3.22. The molecule has 0 amide bonds. The van der Waals surface area contributed by atoms with E-state index in [-0.39, 0.29) is 1.43 Å². The van der Waals surface area contributed by atoms with E-state index >= 15 is 0 Å². The van der Waals surface area contributed by atoms with Gasteiger partial charge in [-0.2, -0.15) is 0 Å².